The second-order valence-electron chi connectivity index (χ2n) is 4.54. The average molecular weight is 289 g/mol. The Morgan fingerprint density at radius 3 is 2.85 bits per heavy atom. The van der Waals surface area contributed by atoms with Crippen LogP contribution in [-0.4, -0.2) is 25.0 Å². The maximum atomic E-state index is 11.1. The third kappa shape index (κ3) is 2.63. The first-order valence-electron chi connectivity index (χ1n) is 5.94. The molecule has 0 radical (unpaired) electrons. The minimum absolute atomic E-state index is 0.310. The number of nitrogens with one attached hydrogen (secondary N) is 1. The highest BCUT2D eigenvalue weighted by Crippen LogP contribution is 2.39. The Balaban J connectivity index is 2.08. The van der Waals surface area contributed by atoms with Crippen LogP contribution in [0.2, 0.25) is 0 Å². The van der Waals surface area contributed by atoms with Crippen LogP contribution in [0.1, 0.15) is 5.56 Å². The summed E-state index contributed by atoms with van der Waals surface area (Å²) in [6, 6.07) is 7.48. The quantitative estimate of drug-likeness (QED) is 0.642. The van der Waals surface area contributed by atoms with Gasteiger partial charge in [-0.05, 0) is 23.3 Å². The van der Waals surface area contributed by atoms with Crippen LogP contribution in [0.15, 0.2) is 42.9 Å². The molecule has 1 aromatic carbocycles. The zero-order valence-corrected chi connectivity index (χ0v) is 11.3. The van der Waals surface area contributed by atoms with Gasteiger partial charge in [0.05, 0.1) is 17.9 Å². The summed E-state index contributed by atoms with van der Waals surface area (Å²) >= 11 is 0. The van der Waals surface area contributed by atoms with Crippen LogP contribution in [-0.2, 0) is 10.7 Å². The Morgan fingerprint density at radius 1 is 1.20 bits per heavy atom. The Labute approximate surface area is 114 Å². The predicted molar refractivity (Wildman–Crippen MR) is 75.1 cm³/mol. The normalized spacial score (nSPS) is 11.9. The lowest BCUT2D eigenvalue weighted by Gasteiger charge is -2.07. The lowest BCUT2D eigenvalue weighted by Crippen LogP contribution is -1.90. The minimum Gasteiger partial charge on any atom is -0.324 e. The number of nitrogens with zero attached hydrogens (tertiary/aromatic N) is 2. The van der Waals surface area contributed by atoms with Crippen LogP contribution in [0.3, 0.4) is 0 Å². The molecule has 3 N–H and O–H groups in total. The van der Waals surface area contributed by atoms with Crippen molar-refractivity contribution in [1.29, 1.82) is 0 Å². The van der Waals surface area contributed by atoms with E-state index in [1.807, 2.05) is 18.2 Å². The van der Waals surface area contributed by atoms with Gasteiger partial charge in [0, 0.05) is 23.3 Å². The zero-order chi connectivity index (χ0) is 14.2. The number of hydrogen-bond donors (Lipinski definition) is 3. The number of pyridine rings is 1. The van der Waals surface area contributed by atoms with Crippen molar-refractivity contribution in [3.8, 4) is 11.1 Å². The lowest BCUT2D eigenvalue weighted by atomic mass is 10.0. The number of H-pyrrole nitrogens is 1. The summed E-state index contributed by atoms with van der Waals surface area (Å²) < 4.78 is 11.1. The summed E-state index contributed by atoms with van der Waals surface area (Å²) in [4.78, 5) is 22.1. The van der Waals surface area contributed by atoms with Crippen LogP contribution < -0.4 is 0 Å². The van der Waals surface area contributed by atoms with Crippen LogP contribution >= 0.6 is 7.60 Å². The lowest BCUT2D eigenvalue weighted by molar-refractivity contribution is 0.371. The molecule has 0 aliphatic rings. The Morgan fingerprint density at radius 2 is 2.05 bits per heavy atom. The predicted octanol–water partition coefficient (Wildman–Crippen LogP) is 2.30. The Bertz CT molecular complexity index is 809. The molecule has 0 bridgehead atoms. The summed E-state index contributed by atoms with van der Waals surface area (Å²) in [5.41, 5.74) is 3.15. The molecule has 2 aromatic heterocycles. The van der Waals surface area contributed by atoms with Crippen molar-refractivity contribution in [1.82, 2.24) is 15.2 Å². The molecule has 0 amide bonds. The van der Waals surface area contributed by atoms with Gasteiger partial charge in [0.25, 0.3) is 0 Å². The first-order valence-corrected chi connectivity index (χ1v) is 7.74. The molecule has 0 unspecified atom stereocenters. The van der Waals surface area contributed by atoms with Crippen LogP contribution in [0.4, 0.5) is 0 Å². The molecule has 20 heavy (non-hydrogen) atoms. The van der Waals surface area contributed by atoms with E-state index in [0.717, 1.165) is 22.0 Å². The Kier molecular flexibility index (Phi) is 3.14. The molecular formula is C13H12N3O3P. The van der Waals surface area contributed by atoms with E-state index in [1.54, 1.807) is 18.5 Å². The molecule has 6 nitrogen and oxygen atoms in total. The van der Waals surface area contributed by atoms with E-state index in [0.29, 0.717) is 5.56 Å². The second-order valence-corrected chi connectivity index (χ2v) is 6.19. The summed E-state index contributed by atoms with van der Waals surface area (Å²) in [6.07, 6.45) is 4.55. The molecule has 0 aliphatic heterocycles. The van der Waals surface area contributed by atoms with Gasteiger partial charge in [-0.3, -0.25) is 14.6 Å². The third-order valence-electron chi connectivity index (χ3n) is 2.98. The van der Waals surface area contributed by atoms with Gasteiger partial charge in [0.1, 0.15) is 0 Å². The van der Waals surface area contributed by atoms with Gasteiger partial charge < -0.3 is 9.79 Å². The van der Waals surface area contributed by atoms with Crippen molar-refractivity contribution in [2.75, 3.05) is 0 Å². The van der Waals surface area contributed by atoms with Crippen molar-refractivity contribution < 1.29 is 14.4 Å². The number of fused-ring (bicyclic) bond motifs is 1. The number of benzene rings is 1. The molecule has 102 valence electrons. The molecule has 0 aliphatic carbocycles. The molecule has 0 fully saturated rings. The fourth-order valence-electron chi connectivity index (χ4n) is 2.18. The second kappa shape index (κ2) is 4.83. The van der Waals surface area contributed by atoms with E-state index in [9.17, 15) is 4.57 Å². The average Bonchev–Trinajstić information content (AvgIpc) is 2.85. The van der Waals surface area contributed by atoms with Crippen molar-refractivity contribution in [3.05, 3.63) is 48.4 Å². The van der Waals surface area contributed by atoms with Crippen LogP contribution in [0.5, 0.6) is 0 Å². The molecule has 3 rings (SSSR count). The van der Waals surface area contributed by atoms with Gasteiger partial charge in [-0.15, -0.1) is 0 Å². The highest BCUT2D eigenvalue weighted by molar-refractivity contribution is 7.50. The van der Waals surface area contributed by atoms with E-state index in [4.69, 9.17) is 9.79 Å². The first kappa shape index (κ1) is 13.0. The standard InChI is InChI=1S/C13H12N3O3P/c17-20(18,19)8-9-4-10(6-14-5-9)11-2-1-3-13-12(11)7-15-16-13/h1-7H,8H2,(H,15,16)(H2,17,18,19). The SMILES string of the molecule is O=P(O)(O)Cc1cncc(-c2cccc3[nH]ncc23)c1. The number of aromatic amines is 1. The largest absolute Gasteiger partial charge is 0.329 e. The first-order chi connectivity index (χ1) is 9.53. The molecule has 3 aromatic rings. The number of rotatable bonds is 3. The monoisotopic (exact) mass is 289 g/mol. The van der Waals surface area contributed by atoms with E-state index in [2.05, 4.69) is 15.2 Å². The zero-order valence-electron chi connectivity index (χ0n) is 10.4. The highest BCUT2D eigenvalue weighted by Gasteiger charge is 2.15. The molecule has 0 saturated heterocycles. The van der Waals surface area contributed by atoms with Gasteiger partial charge >= 0.3 is 7.60 Å². The van der Waals surface area contributed by atoms with Crippen LogP contribution in [0, 0.1) is 0 Å². The fourth-order valence-corrected chi connectivity index (χ4v) is 2.83. The summed E-state index contributed by atoms with van der Waals surface area (Å²) in [5.74, 6) is 0. The molecule has 0 atom stereocenters. The smallest absolute Gasteiger partial charge is 0.324 e. The maximum Gasteiger partial charge on any atom is 0.329 e. The minimum atomic E-state index is -4.09. The van der Waals surface area contributed by atoms with Crippen molar-refractivity contribution >= 4 is 18.5 Å². The third-order valence-corrected chi connectivity index (χ3v) is 3.76. The van der Waals surface area contributed by atoms with E-state index in [1.165, 1.54) is 6.20 Å². The number of hydrogen-bond acceptors (Lipinski definition) is 3. The molecule has 0 spiro atoms. The van der Waals surface area contributed by atoms with E-state index >= 15 is 0 Å². The van der Waals surface area contributed by atoms with E-state index < -0.39 is 7.60 Å². The molecule has 7 heteroatoms. The topological polar surface area (TPSA) is 99.1 Å². The van der Waals surface area contributed by atoms with Gasteiger partial charge in [-0.2, -0.15) is 5.10 Å². The summed E-state index contributed by atoms with van der Waals surface area (Å²) in [7, 11) is -4.09. The van der Waals surface area contributed by atoms with Crippen molar-refractivity contribution in [3.63, 3.8) is 0 Å². The fraction of sp³-hybridized carbons (Fsp3) is 0.0769. The molecule has 2 heterocycles. The van der Waals surface area contributed by atoms with Gasteiger partial charge in [-0.25, -0.2) is 0 Å². The maximum absolute atomic E-state index is 11.1. The Hall–Kier alpha value is -2.01. The van der Waals surface area contributed by atoms with E-state index in [-0.39, 0.29) is 6.16 Å². The van der Waals surface area contributed by atoms with Crippen LogP contribution in [0.25, 0.3) is 22.0 Å². The number of aromatic nitrogens is 3. The summed E-state index contributed by atoms with van der Waals surface area (Å²) in [6.45, 7) is 0. The molecular weight excluding hydrogens is 277 g/mol. The van der Waals surface area contributed by atoms with Crippen molar-refractivity contribution in [2.24, 2.45) is 0 Å². The summed E-state index contributed by atoms with van der Waals surface area (Å²) in [5, 5.41) is 7.83. The van der Waals surface area contributed by atoms with Gasteiger partial charge in [0.2, 0.25) is 0 Å². The highest BCUT2D eigenvalue weighted by atomic mass is 31.2. The molecule has 0 saturated carbocycles. The van der Waals surface area contributed by atoms with Crippen molar-refractivity contribution in [2.45, 2.75) is 6.16 Å². The van der Waals surface area contributed by atoms with Gasteiger partial charge in [-0.1, -0.05) is 12.1 Å². The van der Waals surface area contributed by atoms with Gasteiger partial charge in [0.15, 0.2) is 0 Å².